The molecule has 0 bridgehead atoms. The van der Waals surface area contributed by atoms with Crippen molar-refractivity contribution >= 4 is 27.6 Å². The first-order valence-corrected chi connectivity index (χ1v) is 8.06. The SMILES string of the molecule is Brc1ccc(-c2noc(N3CCCc4ccccc43)n2)cc1. The van der Waals surface area contributed by atoms with Crippen molar-refractivity contribution in [3.63, 3.8) is 0 Å². The summed E-state index contributed by atoms with van der Waals surface area (Å²) in [4.78, 5) is 6.67. The Kier molecular flexibility index (Phi) is 3.42. The quantitative estimate of drug-likeness (QED) is 0.674. The minimum absolute atomic E-state index is 0.560. The lowest BCUT2D eigenvalue weighted by Gasteiger charge is -2.27. The average molecular weight is 356 g/mol. The molecule has 0 radical (unpaired) electrons. The minimum Gasteiger partial charge on any atom is -0.314 e. The van der Waals surface area contributed by atoms with E-state index in [-0.39, 0.29) is 0 Å². The summed E-state index contributed by atoms with van der Waals surface area (Å²) in [6.07, 6.45) is 2.19. The number of para-hydroxylation sites is 1. The average Bonchev–Trinajstić information content (AvgIpc) is 3.05. The van der Waals surface area contributed by atoms with Crippen LogP contribution in [-0.4, -0.2) is 16.7 Å². The Morgan fingerprint density at radius 1 is 1.05 bits per heavy atom. The number of rotatable bonds is 2. The zero-order chi connectivity index (χ0) is 14.9. The summed E-state index contributed by atoms with van der Waals surface area (Å²) in [6, 6.07) is 16.8. The second kappa shape index (κ2) is 5.57. The number of benzene rings is 2. The van der Waals surface area contributed by atoms with Gasteiger partial charge in [-0.15, -0.1) is 0 Å². The van der Waals surface area contributed by atoms with Gasteiger partial charge >= 0.3 is 6.01 Å². The Labute approximate surface area is 136 Å². The minimum atomic E-state index is 0.560. The molecule has 0 saturated heterocycles. The van der Waals surface area contributed by atoms with Crippen LogP contribution in [0.25, 0.3) is 11.4 Å². The fourth-order valence-electron chi connectivity index (χ4n) is 2.77. The number of aromatic nitrogens is 2. The third-order valence-corrected chi connectivity index (χ3v) is 4.39. The van der Waals surface area contributed by atoms with Gasteiger partial charge in [0.25, 0.3) is 0 Å². The summed E-state index contributed by atoms with van der Waals surface area (Å²) in [5.74, 6) is 0.616. The smallest absolute Gasteiger partial charge is 0.314 e. The standard InChI is InChI=1S/C17H14BrN3O/c18-14-9-7-13(8-10-14)16-19-17(22-20-16)21-11-3-5-12-4-1-2-6-15(12)21/h1-2,4,6-10H,3,5,11H2. The van der Waals surface area contributed by atoms with Gasteiger partial charge in [0, 0.05) is 22.3 Å². The number of nitrogens with zero attached hydrogens (tertiary/aromatic N) is 3. The van der Waals surface area contributed by atoms with Crippen molar-refractivity contribution in [1.29, 1.82) is 0 Å². The molecule has 2 heterocycles. The molecule has 5 heteroatoms. The first-order chi connectivity index (χ1) is 10.8. The van der Waals surface area contributed by atoms with Crippen LogP contribution in [0.1, 0.15) is 12.0 Å². The maximum Gasteiger partial charge on any atom is 0.328 e. The molecule has 0 saturated carbocycles. The second-order valence-corrected chi connectivity index (χ2v) is 6.21. The molecule has 0 amide bonds. The van der Waals surface area contributed by atoms with E-state index in [0.717, 1.165) is 29.4 Å². The van der Waals surface area contributed by atoms with Crippen molar-refractivity contribution in [2.75, 3.05) is 11.4 Å². The number of hydrogen-bond donors (Lipinski definition) is 0. The van der Waals surface area contributed by atoms with Crippen LogP contribution < -0.4 is 4.90 Å². The van der Waals surface area contributed by atoms with Crippen LogP contribution in [0.5, 0.6) is 0 Å². The summed E-state index contributed by atoms with van der Waals surface area (Å²) in [5.41, 5.74) is 3.44. The third kappa shape index (κ3) is 2.41. The van der Waals surface area contributed by atoms with E-state index in [1.54, 1.807) is 0 Å². The van der Waals surface area contributed by atoms with Gasteiger partial charge in [0.1, 0.15) is 0 Å². The number of aryl methyl sites for hydroxylation is 1. The van der Waals surface area contributed by atoms with E-state index in [4.69, 9.17) is 4.52 Å². The van der Waals surface area contributed by atoms with Crippen molar-refractivity contribution in [2.24, 2.45) is 0 Å². The number of fused-ring (bicyclic) bond motifs is 1. The van der Waals surface area contributed by atoms with E-state index in [0.29, 0.717) is 11.8 Å². The molecule has 110 valence electrons. The molecule has 22 heavy (non-hydrogen) atoms. The third-order valence-electron chi connectivity index (χ3n) is 3.86. The van der Waals surface area contributed by atoms with Crippen molar-refractivity contribution in [2.45, 2.75) is 12.8 Å². The predicted molar refractivity (Wildman–Crippen MR) is 89.2 cm³/mol. The molecule has 1 aromatic heterocycles. The zero-order valence-electron chi connectivity index (χ0n) is 11.9. The highest BCUT2D eigenvalue weighted by molar-refractivity contribution is 9.10. The van der Waals surface area contributed by atoms with E-state index in [9.17, 15) is 0 Å². The maximum atomic E-state index is 5.50. The molecule has 0 N–H and O–H groups in total. The van der Waals surface area contributed by atoms with Gasteiger partial charge in [-0.1, -0.05) is 39.3 Å². The molecule has 1 aliphatic rings. The Morgan fingerprint density at radius 2 is 1.86 bits per heavy atom. The first-order valence-electron chi connectivity index (χ1n) is 7.26. The van der Waals surface area contributed by atoms with Crippen molar-refractivity contribution in [3.05, 3.63) is 58.6 Å². The van der Waals surface area contributed by atoms with Gasteiger partial charge < -0.3 is 4.52 Å². The Balaban J connectivity index is 1.69. The van der Waals surface area contributed by atoms with Crippen LogP contribution in [0.2, 0.25) is 0 Å². The first kappa shape index (κ1) is 13.5. The molecule has 3 aromatic rings. The molecule has 0 spiro atoms. The molecule has 4 nitrogen and oxygen atoms in total. The van der Waals surface area contributed by atoms with Crippen LogP contribution in [0.4, 0.5) is 11.7 Å². The van der Waals surface area contributed by atoms with Crippen LogP contribution in [0.15, 0.2) is 57.5 Å². The summed E-state index contributed by atoms with van der Waals surface area (Å²) >= 11 is 3.43. The normalized spacial score (nSPS) is 14.0. The van der Waals surface area contributed by atoms with Gasteiger partial charge in [0.05, 0.1) is 0 Å². The van der Waals surface area contributed by atoms with Gasteiger partial charge in [-0.3, -0.25) is 4.90 Å². The summed E-state index contributed by atoms with van der Waals surface area (Å²) < 4.78 is 6.53. The molecule has 2 aromatic carbocycles. The highest BCUT2D eigenvalue weighted by Gasteiger charge is 2.22. The molecule has 0 atom stereocenters. The molecule has 1 aliphatic heterocycles. The zero-order valence-corrected chi connectivity index (χ0v) is 13.5. The van der Waals surface area contributed by atoms with Crippen molar-refractivity contribution in [3.8, 4) is 11.4 Å². The van der Waals surface area contributed by atoms with Gasteiger partial charge in [-0.05, 0) is 48.7 Å². The molecule has 0 fully saturated rings. The number of halogens is 1. The fourth-order valence-corrected chi connectivity index (χ4v) is 3.04. The Bertz CT molecular complexity index is 798. The lowest BCUT2D eigenvalue weighted by molar-refractivity contribution is 0.420. The Hall–Kier alpha value is -2.14. The molecule has 4 rings (SSSR count). The highest BCUT2D eigenvalue weighted by Crippen LogP contribution is 2.33. The summed E-state index contributed by atoms with van der Waals surface area (Å²) in [5, 5.41) is 4.12. The predicted octanol–water partition coefficient (Wildman–Crippen LogP) is 4.58. The van der Waals surface area contributed by atoms with E-state index < -0.39 is 0 Å². The van der Waals surface area contributed by atoms with Gasteiger partial charge in [0.15, 0.2) is 0 Å². The molecule has 0 unspecified atom stereocenters. The number of anilines is 2. The van der Waals surface area contributed by atoms with Gasteiger partial charge in [-0.25, -0.2) is 0 Å². The molecule has 0 aliphatic carbocycles. The second-order valence-electron chi connectivity index (χ2n) is 5.29. The van der Waals surface area contributed by atoms with Crippen LogP contribution in [-0.2, 0) is 6.42 Å². The number of hydrogen-bond acceptors (Lipinski definition) is 4. The summed E-state index contributed by atoms with van der Waals surface area (Å²) in [6.45, 7) is 0.902. The molecular weight excluding hydrogens is 342 g/mol. The lowest BCUT2D eigenvalue weighted by atomic mass is 10.0. The van der Waals surface area contributed by atoms with Gasteiger partial charge in [0.2, 0.25) is 5.82 Å². The van der Waals surface area contributed by atoms with Crippen molar-refractivity contribution < 1.29 is 4.52 Å². The van der Waals surface area contributed by atoms with Crippen LogP contribution in [0.3, 0.4) is 0 Å². The van der Waals surface area contributed by atoms with Crippen LogP contribution >= 0.6 is 15.9 Å². The van der Waals surface area contributed by atoms with E-state index in [2.05, 4.69) is 49.2 Å². The highest BCUT2D eigenvalue weighted by atomic mass is 79.9. The summed E-state index contributed by atoms with van der Waals surface area (Å²) in [7, 11) is 0. The molecular formula is C17H14BrN3O. The Morgan fingerprint density at radius 3 is 2.73 bits per heavy atom. The fraction of sp³-hybridized carbons (Fsp3) is 0.176. The maximum absolute atomic E-state index is 5.50. The van der Waals surface area contributed by atoms with Crippen LogP contribution in [0, 0.1) is 0 Å². The van der Waals surface area contributed by atoms with Crippen molar-refractivity contribution in [1.82, 2.24) is 10.1 Å². The van der Waals surface area contributed by atoms with E-state index >= 15 is 0 Å². The van der Waals surface area contributed by atoms with E-state index in [1.807, 2.05) is 30.3 Å². The lowest BCUT2D eigenvalue weighted by Crippen LogP contribution is -2.24. The largest absolute Gasteiger partial charge is 0.328 e. The monoisotopic (exact) mass is 355 g/mol. The van der Waals surface area contributed by atoms with E-state index in [1.165, 1.54) is 11.3 Å². The topological polar surface area (TPSA) is 42.2 Å². The van der Waals surface area contributed by atoms with Gasteiger partial charge in [-0.2, -0.15) is 4.98 Å².